The van der Waals surface area contributed by atoms with Crippen LogP contribution in [0.15, 0.2) is 0 Å². The fourth-order valence-electron chi connectivity index (χ4n) is 2.32. The van der Waals surface area contributed by atoms with Gasteiger partial charge < -0.3 is 16.0 Å². The Labute approximate surface area is 105 Å². The lowest BCUT2D eigenvalue weighted by atomic mass is 10.1. The molecule has 17 heavy (non-hydrogen) atoms. The summed E-state index contributed by atoms with van der Waals surface area (Å²) in [5.41, 5.74) is 5.41. The first-order chi connectivity index (χ1) is 8.26. The molecule has 0 aromatic heterocycles. The summed E-state index contributed by atoms with van der Waals surface area (Å²) in [4.78, 5) is 14.0. The largest absolute Gasteiger partial charge is 0.356 e. The number of rotatable bonds is 8. The van der Waals surface area contributed by atoms with Crippen LogP contribution < -0.4 is 11.1 Å². The van der Waals surface area contributed by atoms with E-state index >= 15 is 0 Å². The van der Waals surface area contributed by atoms with Crippen molar-refractivity contribution in [2.75, 3.05) is 32.7 Å². The number of carbonyl (C=O) groups excluding carboxylic acids is 1. The van der Waals surface area contributed by atoms with E-state index in [-0.39, 0.29) is 5.91 Å². The zero-order valence-corrected chi connectivity index (χ0v) is 11.1. The Morgan fingerprint density at radius 3 is 2.88 bits per heavy atom. The van der Waals surface area contributed by atoms with Gasteiger partial charge in [-0.2, -0.15) is 0 Å². The summed E-state index contributed by atoms with van der Waals surface area (Å²) < 4.78 is 0. The predicted molar refractivity (Wildman–Crippen MR) is 70.8 cm³/mol. The standard InChI is InChI=1S/C13H27N3O/c1-2-16-9-7-12(11-16)10-15-13(17)6-4-3-5-8-14/h12H,2-11,14H2,1H3,(H,15,17). The van der Waals surface area contributed by atoms with Gasteiger partial charge in [-0.15, -0.1) is 0 Å². The molecule has 0 aliphatic carbocycles. The molecule has 0 saturated carbocycles. The first-order valence-electron chi connectivity index (χ1n) is 6.95. The first kappa shape index (κ1) is 14.5. The van der Waals surface area contributed by atoms with E-state index in [0.717, 1.165) is 45.4 Å². The summed E-state index contributed by atoms with van der Waals surface area (Å²) >= 11 is 0. The first-order valence-corrected chi connectivity index (χ1v) is 6.95. The summed E-state index contributed by atoms with van der Waals surface area (Å²) in [5, 5.41) is 3.05. The molecule has 0 aromatic carbocycles. The minimum Gasteiger partial charge on any atom is -0.356 e. The van der Waals surface area contributed by atoms with Crippen LogP contribution in [0.3, 0.4) is 0 Å². The van der Waals surface area contributed by atoms with Crippen molar-refractivity contribution >= 4 is 5.91 Å². The molecule has 0 bridgehead atoms. The van der Waals surface area contributed by atoms with Gasteiger partial charge in [-0.25, -0.2) is 0 Å². The Kier molecular flexibility index (Phi) is 7.21. The molecule has 1 aliphatic rings. The maximum atomic E-state index is 11.6. The van der Waals surface area contributed by atoms with Crippen molar-refractivity contribution in [3.05, 3.63) is 0 Å². The van der Waals surface area contributed by atoms with Gasteiger partial charge in [-0.05, 0) is 44.8 Å². The monoisotopic (exact) mass is 241 g/mol. The topological polar surface area (TPSA) is 58.4 Å². The van der Waals surface area contributed by atoms with E-state index < -0.39 is 0 Å². The van der Waals surface area contributed by atoms with Crippen LogP contribution in [0.4, 0.5) is 0 Å². The van der Waals surface area contributed by atoms with Crippen molar-refractivity contribution < 1.29 is 4.79 Å². The second-order valence-corrected chi connectivity index (χ2v) is 4.95. The van der Waals surface area contributed by atoms with Crippen LogP contribution in [0.25, 0.3) is 0 Å². The SMILES string of the molecule is CCN1CCC(CNC(=O)CCCCCN)C1. The third kappa shape index (κ3) is 6.03. The van der Waals surface area contributed by atoms with Crippen LogP contribution >= 0.6 is 0 Å². The molecule has 1 atom stereocenters. The molecule has 0 spiro atoms. The maximum absolute atomic E-state index is 11.6. The van der Waals surface area contributed by atoms with Gasteiger partial charge in [0, 0.05) is 19.5 Å². The van der Waals surface area contributed by atoms with Crippen LogP contribution in [0.1, 0.15) is 39.0 Å². The maximum Gasteiger partial charge on any atom is 0.220 e. The predicted octanol–water partition coefficient (Wildman–Crippen LogP) is 0.964. The number of unbranched alkanes of at least 4 members (excludes halogenated alkanes) is 2. The molecule has 100 valence electrons. The normalized spacial score (nSPS) is 20.7. The quantitative estimate of drug-likeness (QED) is 0.622. The van der Waals surface area contributed by atoms with Gasteiger partial charge in [-0.3, -0.25) is 4.79 Å². The van der Waals surface area contributed by atoms with E-state index in [9.17, 15) is 4.79 Å². The summed E-state index contributed by atoms with van der Waals surface area (Å²) in [5.74, 6) is 0.861. The number of nitrogens with zero attached hydrogens (tertiary/aromatic N) is 1. The Balaban J connectivity index is 2.00. The molecule has 1 rings (SSSR count). The molecule has 1 unspecified atom stereocenters. The lowest BCUT2D eigenvalue weighted by Crippen LogP contribution is -2.30. The summed E-state index contributed by atoms with van der Waals surface area (Å²) in [7, 11) is 0. The van der Waals surface area contributed by atoms with Gasteiger partial charge in [0.25, 0.3) is 0 Å². The Bertz CT molecular complexity index is 221. The molecule has 1 amide bonds. The Hall–Kier alpha value is -0.610. The van der Waals surface area contributed by atoms with Crippen LogP contribution in [0.2, 0.25) is 0 Å². The number of hydrogen-bond acceptors (Lipinski definition) is 3. The molecule has 0 radical (unpaired) electrons. The molecule has 1 heterocycles. The van der Waals surface area contributed by atoms with Gasteiger partial charge in [0.1, 0.15) is 0 Å². The molecule has 3 N–H and O–H groups in total. The minimum atomic E-state index is 0.206. The number of nitrogens with one attached hydrogen (secondary N) is 1. The highest BCUT2D eigenvalue weighted by atomic mass is 16.1. The van der Waals surface area contributed by atoms with Gasteiger partial charge in [0.05, 0.1) is 0 Å². The van der Waals surface area contributed by atoms with Crippen molar-refractivity contribution in [1.82, 2.24) is 10.2 Å². The van der Waals surface area contributed by atoms with E-state index in [1.165, 1.54) is 13.0 Å². The highest BCUT2D eigenvalue weighted by Gasteiger charge is 2.21. The fraction of sp³-hybridized carbons (Fsp3) is 0.923. The van der Waals surface area contributed by atoms with Crippen LogP contribution in [0.5, 0.6) is 0 Å². The van der Waals surface area contributed by atoms with E-state index in [0.29, 0.717) is 12.3 Å². The third-order valence-corrected chi connectivity index (χ3v) is 3.51. The molecular weight excluding hydrogens is 214 g/mol. The van der Waals surface area contributed by atoms with Crippen molar-refractivity contribution in [2.24, 2.45) is 11.7 Å². The highest BCUT2D eigenvalue weighted by molar-refractivity contribution is 5.75. The molecule has 0 aromatic rings. The number of amides is 1. The van der Waals surface area contributed by atoms with Crippen molar-refractivity contribution in [2.45, 2.75) is 39.0 Å². The Morgan fingerprint density at radius 2 is 2.24 bits per heavy atom. The molecule has 1 fully saturated rings. The second kappa shape index (κ2) is 8.48. The Morgan fingerprint density at radius 1 is 1.41 bits per heavy atom. The minimum absolute atomic E-state index is 0.206. The molecular formula is C13H27N3O. The smallest absolute Gasteiger partial charge is 0.220 e. The summed E-state index contributed by atoms with van der Waals surface area (Å²) in [6.07, 6.45) is 4.94. The van der Waals surface area contributed by atoms with Crippen molar-refractivity contribution in [1.29, 1.82) is 0 Å². The van der Waals surface area contributed by atoms with Crippen LogP contribution in [0, 0.1) is 5.92 Å². The molecule has 1 saturated heterocycles. The third-order valence-electron chi connectivity index (χ3n) is 3.51. The van der Waals surface area contributed by atoms with Crippen LogP contribution in [-0.2, 0) is 4.79 Å². The van der Waals surface area contributed by atoms with E-state index in [2.05, 4.69) is 17.1 Å². The zero-order valence-electron chi connectivity index (χ0n) is 11.1. The second-order valence-electron chi connectivity index (χ2n) is 4.95. The summed E-state index contributed by atoms with van der Waals surface area (Å²) in [6.45, 7) is 7.24. The van der Waals surface area contributed by atoms with Gasteiger partial charge in [0.2, 0.25) is 5.91 Å². The van der Waals surface area contributed by atoms with E-state index in [1.807, 2.05) is 0 Å². The van der Waals surface area contributed by atoms with Crippen molar-refractivity contribution in [3.8, 4) is 0 Å². The highest BCUT2D eigenvalue weighted by Crippen LogP contribution is 2.14. The van der Waals surface area contributed by atoms with Crippen LogP contribution in [-0.4, -0.2) is 43.5 Å². The number of hydrogen-bond donors (Lipinski definition) is 2. The average molecular weight is 241 g/mol. The number of nitrogens with two attached hydrogens (primary N) is 1. The van der Waals surface area contributed by atoms with Gasteiger partial charge in [-0.1, -0.05) is 13.3 Å². The zero-order chi connectivity index (χ0) is 12.5. The molecule has 4 heteroatoms. The lowest BCUT2D eigenvalue weighted by molar-refractivity contribution is -0.121. The van der Waals surface area contributed by atoms with E-state index in [4.69, 9.17) is 5.73 Å². The molecule has 4 nitrogen and oxygen atoms in total. The number of likely N-dealkylation sites (tertiary alicyclic amines) is 1. The average Bonchev–Trinajstić information content (AvgIpc) is 2.80. The lowest BCUT2D eigenvalue weighted by Gasteiger charge is -2.13. The summed E-state index contributed by atoms with van der Waals surface area (Å²) in [6, 6.07) is 0. The number of carbonyl (C=O) groups is 1. The molecule has 1 aliphatic heterocycles. The van der Waals surface area contributed by atoms with Crippen molar-refractivity contribution in [3.63, 3.8) is 0 Å². The van der Waals surface area contributed by atoms with E-state index in [1.54, 1.807) is 0 Å². The van der Waals surface area contributed by atoms with Gasteiger partial charge >= 0.3 is 0 Å². The van der Waals surface area contributed by atoms with Gasteiger partial charge in [0.15, 0.2) is 0 Å². The fourth-order valence-corrected chi connectivity index (χ4v) is 2.32.